The third-order valence-electron chi connectivity index (χ3n) is 4.15. The van der Waals surface area contributed by atoms with E-state index in [1.165, 1.54) is 0 Å². The number of anilines is 1. The monoisotopic (exact) mass is 378 g/mol. The van der Waals surface area contributed by atoms with Crippen LogP contribution < -0.4 is 20.7 Å². The summed E-state index contributed by atoms with van der Waals surface area (Å²) >= 11 is 0. The van der Waals surface area contributed by atoms with Crippen molar-refractivity contribution in [3.05, 3.63) is 17.8 Å². The fourth-order valence-corrected chi connectivity index (χ4v) is 2.91. The maximum atomic E-state index is 12.0. The molecule has 9 heteroatoms. The summed E-state index contributed by atoms with van der Waals surface area (Å²) in [5, 5.41) is 8.89. The van der Waals surface area contributed by atoms with Crippen LogP contribution in [-0.2, 0) is 20.8 Å². The van der Waals surface area contributed by atoms with Crippen LogP contribution in [0.2, 0.25) is 0 Å². The zero-order valence-electron chi connectivity index (χ0n) is 15.8. The molecule has 27 heavy (non-hydrogen) atoms. The zero-order chi connectivity index (χ0) is 19.4. The van der Waals surface area contributed by atoms with Gasteiger partial charge in [0.1, 0.15) is 5.60 Å². The molecule has 0 aliphatic carbocycles. The van der Waals surface area contributed by atoms with Crippen molar-refractivity contribution in [1.29, 1.82) is 0 Å². The average molecular weight is 378 g/mol. The molecule has 0 bridgehead atoms. The first-order valence-electron chi connectivity index (χ1n) is 9.01. The van der Waals surface area contributed by atoms with Gasteiger partial charge in [-0.15, -0.1) is 0 Å². The second-order valence-electron chi connectivity index (χ2n) is 7.67. The van der Waals surface area contributed by atoms with Gasteiger partial charge in [0.25, 0.3) is 5.91 Å². The lowest BCUT2D eigenvalue weighted by Gasteiger charge is -2.24. The van der Waals surface area contributed by atoms with Gasteiger partial charge < -0.3 is 30.2 Å². The highest BCUT2D eigenvalue weighted by Crippen LogP contribution is 2.25. The molecule has 0 aromatic carbocycles. The SMILES string of the molecule is CC(C)(C)OC(=O)N[C@@H]1COC[C@H]1CNCc1ccc2c(n1)NC(=O)CO2. The Bertz CT molecular complexity index is 703. The standard InChI is InChI=1S/C18H26N4O5/c1-18(2,3)27-17(24)21-13-9-25-8-11(13)6-19-7-12-4-5-14-16(20-12)22-15(23)10-26-14/h4-5,11,13,19H,6-10H2,1-3H3,(H,21,24)(H,20,22,23)/t11-,13-/m1/s1. The molecule has 1 aromatic rings. The van der Waals surface area contributed by atoms with Crippen molar-refractivity contribution < 1.29 is 23.8 Å². The largest absolute Gasteiger partial charge is 0.480 e. The predicted octanol–water partition coefficient (Wildman–Crippen LogP) is 1.04. The maximum Gasteiger partial charge on any atom is 0.407 e. The molecule has 9 nitrogen and oxygen atoms in total. The van der Waals surface area contributed by atoms with Crippen LogP contribution in [0, 0.1) is 5.92 Å². The number of ether oxygens (including phenoxy) is 3. The third kappa shape index (κ3) is 5.54. The van der Waals surface area contributed by atoms with Gasteiger partial charge in [-0.2, -0.15) is 0 Å². The molecular weight excluding hydrogens is 352 g/mol. The van der Waals surface area contributed by atoms with E-state index in [-0.39, 0.29) is 24.5 Å². The van der Waals surface area contributed by atoms with Crippen molar-refractivity contribution in [3.8, 4) is 5.75 Å². The van der Waals surface area contributed by atoms with E-state index in [9.17, 15) is 9.59 Å². The highest BCUT2D eigenvalue weighted by atomic mass is 16.6. The third-order valence-corrected chi connectivity index (χ3v) is 4.15. The van der Waals surface area contributed by atoms with Gasteiger partial charge in [0.15, 0.2) is 18.2 Å². The van der Waals surface area contributed by atoms with Crippen molar-refractivity contribution in [1.82, 2.24) is 15.6 Å². The smallest absolute Gasteiger partial charge is 0.407 e. The van der Waals surface area contributed by atoms with Crippen LogP contribution in [0.1, 0.15) is 26.5 Å². The molecule has 3 heterocycles. The van der Waals surface area contributed by atoms with Gasteiger partial charge in [-0.25, -0.2) is 9.78 Å². The lowest BCUT2D eigenvalue weighted by atomic mass is 10.0. The van der Waals surface area contributed by atoms with Crippen LogP contribution in [0.3, 0.4) is 0 Å². The Kier molecular flexibility index (Phi) is 5.81. The highest BCUT2D eigenvalue weighted by Gasteiger charge is 2.30. The number of carbonyl (C=O) groups is 2. The minimum atomic E-state index is -0.533. The number of carbonyl (C=O) groups excluding carboxylic acids is 2. The number of amides is 2. The van der Waals surface area contributed by atoms with E-state index in [2.05, 4.69) is 20.9 Å². The molecule has 1 saturated heterocycles. The summed E-state index contributed by atoms with van der Waals surface area (Å²) < 4.78 is 16.1. The Morgan fingerprint density at radius 2 is 2.19 bits per heavy atom. The molecule has 148 valence electrons. The van der Waals surface area contributed by atoms with Gasteiger partial charge in [0.05, 0.1) is 24.9 Å². The Morgan fingerprint density at radius 1 is 1.37 bits per heavy atom. The molecule has 2 atom stereocenters. The van der Waals surface area contributed by atoms with Crippen LogP contribution in [0.25, 0.3) is 0 Å². The van der Waals surface area contributed by atoms with Crippen LogP contribution in [-0.4, -0.2) is 55.0 Å². The molecule has 0 unspecified atom stereocenters. The lowest BCUT2D eigenvalue weighted by Crippen LogP contribution is -2.45. The second kappa shape index (κ2) is 8.10. The summed E-state index contributed by atoms with van der Waals surface area (Å²) in [4.78, 5) is 27.7. The Hall–Kier alpha value is -2.39. The highest BCUT2D eigenvalue weighted by molar-refractivity contribution is 5.94. The van der Waals surface area contributed by atoms with Crippen molar-refractivity contribution in [3.63, 3.8) is 0 Å². The molecule has 1 aromatic heterocycles. The fraction of sp³-hybridized carbons (Fsp3) is 0.611. The second-order valence-corrected chi connectivity index (χ2v) is 7.67. The molecular formula is C18H26N4O5. The summed E-state index contributed by atoms with van der Waals surface area (Å²) in [5.41, 5.74) is 0.254. The quantitative estimate of drug-likeness (QED) is 0.702. The fourth-order valence-electron chi connectivity index (χ4n) is 2.91. The topological polar surface area (TPSA) is 111 Å². The lowest BCUT2D eigenvalue weighted by molar-refractivity contribution is -0.118. The number of hydrogen-bond donors (Lipinski definition) is 3. The van der Waals surface area contributed by atoms with E-state index in [1.54, 1.807) is 6.07 Å². The molecule has 0 spiro atoms. The van der Waals surface area contributed by atoms with Crippen molar-refractivity contribution >= 4 is 17.8 Å². The summed E-state index contributed by atoms with van der Waals surface area (Å²) in [6.45, 7) is 7.71. The first-order chi connectivity index (χ1) is 12.8. The first-order valence-corrected chi connectivity index (χ1v) is 9.01. The van der Waals surface area contributed by atoms with E-state index in [4.69, 9.17) is 14.2 Å². The van der Waals surface area contributed by atoms with Gasteiger partial charge in [0.2, 0.25) is 0 Å². The van der Waals surface area contributed by atoms with E-state index in [1.807, 2.05) is 26.8 Å². The Morgan fingerprint density at radius 3 is 2.96 bits per heavy atom. The maximum absolute atomic E-state index is 12.0. The molecule has 0 radical (unpaired) electrons. The molecule has 0 saturated carbocycles. The van der Waals surface area contributed by atoms with Gasteiger partial charge in [-0.05, 0) is 32.9 Å². The van der Waals surface area contributed by atoms with Gasteiger partial charge in [0, 0.05) is 19.0 Å². The Balaban J connectivity index is 1.47. The average Bonchev–Trinajstić information content (AvgIpc) is 2.99. The first kappa shape index (κ1) is 19.4. The number of nitrogens with one attached hydrogen (secondary N) is 3. The van der Waals surface area contributed by atoms with Crippen molar-refractivity contribution in [2.24, 2.45) is 5.92 Å². The molecule has 1 fully saturated rings. The van der Waals surface area contributed by atoms with E-state index in [0.717, 1.165) is 5.69 Å². The molecule has 2 amide bonds. The molecule has 3 N–H and O–H groups in total. The van der Waals surface area contributed by atoms with E-state index < -0.39 is 11.7 Å². The normalized spacial score (nSPS) is 21.8. The summed E-state index contributed by atoms with van der Waals surface area (Å²) in [6.07, 6.45) is -0.435. The number of pyridine rings is 1. The number of alkyl carbamates (subject to hydrolysis) is 1. The van der Waals surface area contributed by atoms with E-state index >= 15 is 0 Å². The van der Waals surface area contributed by atoms with Gasteiger partial charge >= 0.3 is 6.09 Å². The Labute approximate surface area is 158 Å². The number of aromatic nitrogens is 1. The van der Waals surface area contributed by atoms with Gasteiger partial charge in [-0.1, -0.05) is 0 Å². The number of nitrogens with zero attached hydrogens (tertiary/aromatic N) is 1. The van der Waals surface area contributed by atoms with Crippen LogP contribution >= 0.6 is 0 Å². The van der Waals surface area contributed by atoms with Crippen molar-refractivity contribution in [2.75, 3.05) is 31.7 Å². The van der Waals surface area contributed by atoms with E-state index in [0.29, 0.717) is 37.9 Å². The minimum Gasteiger partial charge on any atom is -0.480 e. The summed E-state index contributed by atoms with van der Waals surface area (Å²) in [6, 6.07) is 3.55. The van der Waals surface area contributed by atoms with Crippen LogP contribution in [0.5, 0.6) is 5.75 Å². The zero-order valence-corrected chi connectivity index (χ0v) is 15.8. The number of rotatable bonds is 5. The van der Waals surface area contributed by atoms with Crippen molar-refractivity contribution in [2.45, 2.75) is 39.0 Å². The predicted molar refractivity (Wildman–Crippen MR) is 97.5 cm³/mol. The van der Waals surface area contributed by atoms with Gasteiger partial charge in [-0.3, -0.25) is 4.79 Å². The summed E-state index contributed by atoms with van der Waals surface area (Å²) in [7, 11) is 0. The summed E-state index contributed by atoms with van der Waals surface area (Å²) in [5.74, 6) is 0.945. The number of hydrogen-bond acceptors (Lipinski definition) is 7. The molecule has 3 rings (SSSR count). The minimum absolute atomic E-state index is 0.0139. The van der Waals surface area contributed by atoms with Crippen LogP contribution in [0.4, 0.5) is 10.6 Å². The van der Waals surface area contributed by atoms with Crippen LogP contribution in [0.15, 0.2) is 12.1 Å². The number of fused-ring (bicyclic) bond motifs is 1. The molecule has 2 aliphatic rings. The molecule has 2 aliphatic heterocycles.